The second-order valence-corrected chi connectivity index (χ2v) is 12.0. The van der Waals surface area contributed by atoms with Gasteiger partial charge in [0.2, 0.25) is 5.91 Å². The molecule has 10 nitrogen and oxygen atoms in total. The Morgan fingerprint density at radius 2 is 1.61 bits per heavy atom. The highest BCUT2D eigenvalue weighted by Gasteiger charge is 2.37. The summed E-state index contributed by atoms with van der Waals surface area (Å²) in [6.45, 7) is 10.3. The van der Waals surface area contributed by atoms with E-state index in [0.717, 1.165) is 103 Å². The SMILES string of the molecule is CCCNCc1ncc(-c2ccc(-c3ccc(-c4cnc([C@@H]5CCCN5C(=O)[C@@H](NC5=NCCN5)C(C)C)[nH]4)cc3)cc2)[nH]1. The summed E-state index contributed by atoms with van der Waals surface area (Å²) >= 11 is 0. The Labute approximate surface area is 259 Å². The van der Waals surface area contributed by atoms with Crippen LogP contribution in [0.2, 0.25) is 0 Å². The average Bonchev–Trinajstić information content (AvgIpc) is 3.87. The normalized spacial score (nSPS) is 17.1. The van der Waals surface area contributed by atoms with Crippen molar-refractivity contribution in [2.45, 2.75) is 58.7 Å². The van der Waals surface area contributed by atoms with Crippen LogP contribution >= 0.6 is 0 Å². The summed E-state index contributed by atoms with van der Waals surface area (Å²) in [6, 6.07) is 16.7. The first kappa shape index (κ1) is 29.6. The molecule has 6 rings (SSSR count). The van der Waals surface area contributed by atoms with Crippen LogP contribution < -0.4 is 16.0 Å². The van der Waals surface area contributed by atoms with E-state index in [2.05, 4.69) is 105 Å². The number of aromatic nitrogens is 4. The summed E-state index contributed by atoms with van der Waals surface area (Å²) < 4.78 is 0. The van der Waals surface area contributed by atoms with Crippen LogP contribution in [0.1, 0.15) is 57.7 Å². The number of carbonyl (C=O) groups is 1. The highest BCUT2D eigenvalue weighted by molar-refractivity contribution is 5.90. The van der Waals surface area contributed by atoms with Gasteiger partial charge in [-0.3, -0.25) is 9.79 Å². The van der Waals surface area contributed by atoms with Crippen molar-refractivity contribution in [1.29, 1.82) is 0 Å². The molecule has 0 spiro atoms. The summed E-state index contributed by atoms with van der Waals surface area (Å²) in [5, 5.41) is 9.95. The lowest BCUT2D eigenvalue weighted by Crippen LogP contribution is -2.53. The van der Waals surface area contributed by atoms with E-state index >= 15 is 0 Å². The first-order valence-corrected chi connectivity index (χ1v) is 15.9. The maximum Gasteiger partial charge on any atom is 0.246 e. The fourth-order valence-corrected chi connectivity index (χ4v) is 5.97. The van der Waals surface area contributed by atoms with Gasteiger partial charge in [-0.2, -0.15) is 0 Å². The fraction of sp³-hybridized carbons (Fsp3) is 0.412. The fourth-order valence-electron chi connectivity index (χ4n) is 5.97. The van der Waals surface area contributed by atoms with Gasteiger partial charge in [0.1, 0.15) is 17.7 Å². The van der Waals surface area contributed by atoms with Crippen molar-refractivity contribution in [3.05, 3.63) is 72.6 Å². The molecule has 4 aromatic rings. The first-order valence-electron chi connectivity index (χ1n) is 15.9. The lowest BCUT2D eigenvalue weighted by atomic mass is 10.0. The third-order valence-electron chi connectivity index (χ3n) is 8.42. The van der Waals surface area contributed by atoms with Crippen molar-refractivity contribution in [2.75, 3.05) is 26.2 Å². The Balaban J connectivity index is 1.11. The molecule has 2 aliphatic heterocycles. The Morgan fingerprint density at radius 1 is 0.955 bits per heavy atom. The number of amides is 1. The summed E-state index contributed by atoms with van der Waals surface area (Å²) in [4.78, 5) is 36.3. The summed E-state index contributed by atoms with van der Waals surface area (Å²) in [5.74, 6) is 2.74. The van der Waals surface area contributed by atoms with Gasteiger partial charge in [-0.1, -0.05) is 69.3 Å². The van der Waals surface area contributed by atoms with Gasteiger partial charge >= 0.3 is 0 Å². The van der Waals surface area contributed by atoms with Gasteiger partial charge in [-0.05, 0) is 54.0 Å². The minimum atomic E-state index is -0.333. The van der Waals surface area contributed by atoms with E-state index in [1.165, 1.54) is 0 Å². The number of hydrogen-bond donors (Lipinski definition) is 5. The molecular formula is C34H43N9O. The summed E-state index contributed by atoms with van der Waals surface area (Å²) in [5.41, 5.74) is 6.45. The molecule has 2 aromatic heterocycles. The predicted octanol–water partition coefficient (Wildman–Crippen LogP) is 4.87. The number of hydrogen-bond acceptors (Lipinski definition) is 7. The molecule has 2 atom stereocenters. The minimum Gasteiger partial charge on any atom is -0.355 e. The predicted molar refractivity (Wildman–Crippen MR) is 175 cm³/mol. The number of imidazole rings is 2. The maximum atomic E-state index is 13.7. The monoisotopic (exact) mass is 593 g/mol. The first-order chi connectivity index (χ1) is 21.5. The van der Waals surface area contributed by atoms with E-state index in [1.807, 2.05) is 17.3 Å². The molecule has 1 amide bonds. The highest BCUT2D eigenvalue weighted by Crippen LogP contribution is 2.33. The molecule has 0 bridgehead atoms. The van der Waals surface area contributed by atoms with Gasteiger partial charge in [-0.15, -0.1) is 0 Å². The van der Waals surface area contributed by atoms with E-state index in [9.17, 15) is 4.79 Å². The van der Waals surface area contributed by atoms with E-state index < -0.39 is 0 Å². The van der Waals surface area contributed by atoms with Crippen molar-refractivity contribution in [2.24, 2.45) is 10.9 Å². The standard InChI is InChI=1S/C34H43N9O/c1-4-15-35-21-30-38-19-27(40-30)25-11-7-23(8-12-25)24-9-13-26(14-10-24)28-20-39-32(41-28)29-6-5-18-43(29)33(44)31(22(2)3)42-34-36-16-17-37-34/h7-14,19-20,22,29,31,35H,4-6,15-18,21H2,1-3H3,(H,38,40)(H,39,41)(H2,36,37,42)/t29-,31-/m0/s1. The number of likely N-dealkylation sites (tertiary alicyclic amines) is 1. The zero-order chi connectivity index (χ0) is 30.5. The zero-order valence-electron chi connectivity index (χ0n) is 25.9. The van der Waals surface area contributed by atoms with Crippen LogP contribution in [0.15, 0.2) is 65.9 Å². The number of nitrogens with zero attached hydrogens (tertiary/aromatic N) is 4. The number of carbonyl (C=O) groups excluding carboxylic acids is 1. The van der Waals surface area contributed by atoms with Gasteiger partial charge in [-0.25, -0.2) is 9.97 Å². The second kappa shape index (κ2) is 13.5. The molecule has 230 valence electrons. The molecule has 44 heavy (non-hydrogen) atoms. The number of nitrogens with one attached hydrogen (secondary N) is 5. The molecular weight excluding hydrogens is 550 g/mol. The number of rotatable bonds is 11. The molecule has 0 aliphatic carbocycles. The van der Waals surface area contributed by atoms with Crippen molar-refractivity contribution >= 4 is 11.9 Å². The number of guanidine groups is 1. The zero-order valence-corrected chi connectivity index (χ0v) is 25.9. The lowest BCUT2D eigenvalue weighted by Gasteiger charge is -2.30. The van der Waals surface area contributed by atoms with Crippen molar-refractivity contribution < 1.29 is 4.79 Å². The lowest BCUT2D eigenvalue weighted by molar-refractivity contribution is -0.135. The molecule has 10 heteroatoms. The largest absolute Gasteiger partial charge is 0.355 e. The quantitative estimate of drug-likeness (QED) is 0.158. The second-order valence-electron chi connectivity index (χ2n) is 12.0. The van der Waals surface area contributed by atoms with E-state index in [1.54, 1.807) is 0 Å². The molecule has 5 N–H and O–H groups in total. The molecule has 0 unspecified atom stereocenters. The summed E-state index contributed by atoms with van der Waals surface area (Å²) in [7, 11) is 0. The molecule has 0 radical (unpaired) electrons. The van der Waals surface area contributed by atoms with Crippen LogP contribution in [-0.4, -0.2) is 68.9 Å². The van der Waals surface area contributed by atoms with Gasteiger partial charge in [0.15, 0.2) is 5.96 Å². The molecule has 1 saturated heterocycles. The number of aliphatic imine (C=N–C) groups is 1. The Morgan fingerprint density at radius 3 is 2.25 bits per heavy atom. The van der Waals surface area contributed by atoms with Crippen molar-refractivity contribution in [3.63, 3.8) is 0 Å². The molecule has 2 aromatic carbocycles. The van der Waals surface area contributed by atoms with E-state index in [-0.39, 0.29) is 23.9 Å². The maximum absolute atomic E-state index is 13.7. The third kappa shape index (κ3) is 6.55. The highest BCUT2D eigenvalue weighted by atomic mass is 16.2. The summed E-state index contributed by atoms with van der Waals surface area (Å²) in [6.07, 6.45) is 6.74. The number of H-pyrrole nitrogens is 2. The van der Waals surface area contributed by atoms with E-state index in [4.69, 9.17) is 4.98 Å². The number of aromatic amines is 2. The molecule has 1 fully saturated rings. The Kier molecular flexibility index (Phi) is 9.07. The van der Waals surface area contributed by atoms with Crippen molar-refractivity contribution in [3.8, 4) is 33.6 Å². The topological polar surface area (TPSA) is 126 Å². The smallest absolute Gasteiger partial charge is 0.246 e. The van der Waals surface area contributed by atoms with Crippen LogP contribution in [0.5, 0.6) is 0 Å². The molecule has 0 saturated carbocycles. The van der Waals surface area contributed by atoms with Gasteiger partial charge in [0.25, 0.3) is 0 Å². The third-order valence-corrected chi connectivity index (χ3v) is 8.42. The van der Waals surface area contributed by atoms with Crippen LogP contribution in [0.4, 0.5) is 0 Å². The van der Waals surface area contributed by atoms with E-state index in [0.29, 0.717) is 0 Å². The Bertz CT molecular complexity index is 1570. The van der Waals surface area contributed by atoms with Gasteiger partial charge < -0.3 is 30.8 Å². The van der Waals surface area contributed by atoms with Gasteiger partial charge in [0.05, 0.1) is 42.9 Å². The van der Waals surface area contributed by atoms with Crippen LogP contribution in [0.25, 0.3) is 33.6 Å². The van der Waals surface area contributed by atoms with Crippen LogP contribution in [-0.2, 0) is 11.3 Å². The minimum absolute atomic E-state index is 0.0610. The van der Waals surface area contributed by atoms with Crippen LogP contribution in [0, 0.1) is 5.92 Å². The van der Waals surface area contributed by atoms with Crippen molar-refractivity contribution in [1.82, 2.24) is 40.8 Å². The molecule has 4 heterocycles. The van der Waals surface area contributed by atoms with Crippen LogP contribution in [0.3, 0.4) is 0 Å². The number of benzene rings is 2. The Hall–Kier alpha value is -4.44. The van der Waals surface area contributed by atoms with Gasteiger partial charge in [0, 0.05) is 13.1 Å². The molecule has 2 aliphatic rings. The average molecular weight is 594 g/mol.